The molecule has 0 saturated carbocycles. The largest absolute Gasteiger partial charge is 0.416 e. The molecule has 0 spiro atoms. The lowest BCUT2D eigenvalue weighted by Gasteiger charge is -2.27. The topological polar surface area (TPSA) is 38.2 Å². The number of rotatable bonds is 4. The van der Waals surface area contributed by atoms with Gasteiger partial charge >= 0.3 is 6.18 Å². The molecule has 1 aromatic heterocycles. The summed E-state index contributed by atoms with van der Waals surface area (Å²) in [5.41, 5.74) is 0.187. The summed E-state index contributed by atoms with van der Waals surface area (Å²) in [6.45, 7) is 2.94. The van der Waals surface area contributed by atoms with Crippen LogP contribution in [0.15, 0.2) is 41.7 Å². The van der Waals surface area contributed by atoms with Gasteiger partial charge in [0.25, 0.3) is 0 Å². The van der Waals surface area contributed by atoms with E-state index in [0.717, 1.165) is 41.6 Å². The highest BCUT2D eigenvalue weighted by molar-refractivity contribution is 7.98. The first kappa shape index (κ1) is 17.0. The fourth-order valence-corrected chi connectivity index (χ4v) is 3.14. The van der Waals surface area contributed by atoms with Crippen LogP contribution < -0.4 is 4.90 Å². The van der Waals surface area contributed by atoms with Crippen molar-refractivity contribution in [3.05, 3.63) is 47.8 Å². The fraction of sp³-hybridized carbons (Fsp3) is 0.375. The van der Waals surface area contributed by atoms with Crippen LogP contribution in [0, 0.1) is 0 Å². The molecule has 1 aromatic carbocycles. The van der Waals surface area contributed by atoms with Gasteiger partial charge in [-0.05, 0) is 17.7 Å². The summed E-state index contributed by atoms with van der Waals surface area (Å²) >= 11 is 1.47. The van der Waals surface area contributed by atoms with Crippen LogP contribution in [0.3, 0.4) is 0 Å². The molecule has 0 radical (unpaired) electrons. The standard InChI is InChI=1S/C16H16F3N3OS/c17-16(18,19)13-3-1-12(2-4-13)10-24-15-9-14(20-11-21-15)22-5-7-23-8-6-22/h1-4,9,11H,5-8,10H2. The zero-order valence-electron chi connectivity index (χ0n) is 12.8. The first-order valence-electron chi connectivity index (χ1n) is 7.46. The summed E-state index contributed by atoms with van der Waals surface area (Å²) in [6, 6.07) is 7.12. The molecule has 4 nitrogen and oxygen atoms in total. The monoisotopic (exact) mass is 355 g/mol. The third-order valence-electron chi connectivity index (χ3n) is 3.63. The van der Waals surface area contributed by atoms with Crippen LogP contribution in [0.25, 0.3) is 0 Å². The quantitative estimate of drug-likeness (QED) is 0.619. The van der Waals surface area contributed by atoms with Crippen LogP contribution in [0.4, 0.5) is 19.0 Å². The van der Waals surface area contributed by atoms with Gasteiger partial charge in [-0.3, -0.25) is 0 Å². The predicted molar refractivity (Wildman–Crippen MR) is 86.1 cm³/mol. The van der Waals surface area contributed by atoms with Crippen LogP contribution >= 0.6 is 11.8 Å². The molecule has 3 rings (SSSR count). The number of morpholine rings is 1. The Morgan fingerprint density at radius 1 is 1.08 bits per heavy atom. The Balaban J connectivity index is 1.62. The number of anilines is 1. The average Bonchev–Trinajstić information content (AvgIpc) is 2.61. The first-order valence-corrected chi connectivity index (χ1v) is 8.44. The SMILES string of the molecule is FC(F)(F)c1ccc(CSc2cc(N3CCOCC3)ncn2)cc1. The molecule has 0 aliphatic carbocycles. The lowest BCUT2D eigenvalue weighted by molar-refractivity contribution is -0.137. The maximum absolute atomic E-state index is 12.6. The zero-order chi connectivity index (χ0) is 17.0. The molecule has 24 heavy (non-hydrogen) atoms. The van der Waals surface area contributed by atoms with E-state index >= 15 is 0 Å². The van der Waals surface area contributed by atoms with Crippen LogP contribution in [-0.4, -0.2) is 36.3 Å². The maximum atomic E-state index is 12.6. The van der Waals surface area contributed by atoms with Gasteiger partial charge in [0.1, 0.15) is 17.2 Å². The number of hydrogen-bond donors (Lipinski definition) is 0. The number of nitrogens with zero attached hydrogens (tertiary/aromatic N) is 3. The highest BCUT2D eigenvalue weighted by Gasteiger charge is 2.29. The van der Waals surface area contributed by atoms with E-state index in [1.807, 2.05) is 6.07 Å². The van der Waals surface area contributed by atoms with E-state index < -0.39 is 11.7 Å². The van der Waals surface area contributed by atoms with Gasteiger partial charge in [0, 0.05) is 24.9 Å². The van der Waals surface area contributed by atoms with Crippen molar-refractivity contribution in [3.8, 4) is 0 Å². The normalized spacial score (nSPS) is 15.5. The van der Waals surface area contributed by atoms with Gasteiger partial charge in [-0.15, -0.1) is 11.8 Å². The van der Waals surface area contributed by atoms with Crippen LogP contribution in [-0.2, 0) is 16.7 Å². The van der Waals surface area contributed by atoms with E-state index in [-0.39, 0.29) is 0 Å². The summed E-state index contributed by atoms with van der Waals surface area (Å²) in [5, 5.41) is 0.798. The van der Waals surface area contributed by atoms with Crippen molar-refractivity contribution < 1.29 is 17.9 Å². The van der Waals surface area contributed by atoms with Crippen LogP contribution in [0.5, 0.6) is 0 Å². The first-order chi connectivity index (χ1) is 11.5. The van der Waals surface area contributed by atoms with Crippen molar-refractivity contribution in [2.24, 2.45) is 0 Å². The Hall–Kier alpha value is -1.80. The molecule has 0 amide bonds. The number of alkyl halides is 3. The smallest absolute Gasteiger partial charge is 0.378 e. The minimum absolute atomic E-state index is 0.553. The highest BCUT2D eigenvalue weighted by atomic mass is 32.2. The minimum Gasteiger partial charge on any atom is -0.378 e. The summed E-state index contributed by atoms with van der Waals surface area (Å²) < 4.78 is 43.0. The average molecular weight is 355 g/mol. The zero-order valence-corrected chi connectivity index (χ0v) is 13.6. The molecule has 0 unspecified atom stereocenters. The van der Waals surface area contributed by atoms with Crippen molar-refractivity contribution >= 4 is 17.6 Å². The molecule has 8 heteroatoms. The lowest BCUT2D eigenvalue weighted by Crippen LogP contribution is -2.36. The van der Waals surface area contributed by atoms with E-state index in [2.05, 4.69) is 14.9 Å². The molecule has 2 heterocycles. The number of benzene rings is 1. The molecule has 0 atom stereocenters. The molecular formula is C16H16F3N3OS. The molecule has 1 aliphatic rings. The molecule has 2 aromatic rings. The van der Waals surface area contributed by atoms with Crippen molar-refractivity contribution in [2.45, 2.75) is 17.0 Å². The minimum atomic E-state index is -4.30. The van der Waals surface area contributed by atoms with Gasteiger partial charge in [-0.1, -0.05) is 12.1 Å². The van der Waals surface area contributed by atoms with E-state index in [1.54, 1.807) is 0 Å². The fourth-order valence-electron chi connectivity index (χ4n) is 2.32. The second-order valence-corrected chi connectivity index (χ2v) is 6.29. The van der Waals surface area contributed by atoms with Gasteiger partial charge in [0.15, 0.2) is 0 Å². The maximum Gasteiger partial charge on any atom is 0.416 e. The van der Waals surface area contributed by atoms with Crippen molar-refractivity contribution in [1.82, 2.24) is 9.97 Å². The molecule has 1 aliphatic heterocycles. The summed E-state index contributed by atoms with van der Waals surface area (Å²) in [5.74, 6) is 1.40. The predicted octanol–water partition coefficient (Wildman–Crippen LogP) is 3.62. The second-order valence-electron chi connectivity index (χ2n) is 5.30. The Morgan fingerprint density at radius 2 is 1.79 bits per heavy atom. The molecule has 1 fully saturated rings. The van der Waals surface area contributed by atoms with Crippen LogP contribution in [0.2, 0.25) is 0 Å². The van der Waals surface area contributed by atoms with Crippen molar-refractivity contribution in [3.63, 3.8) is 0 Å². The number of aromatic nitrogens is 2. The van der Waals surface area contributed by atoms with E-state index in [4.69, 9.17) is 4.74 Å². The molecule has 0 bridgehead atoms. The van der Waals surface area contributed by atoms with Gasteiger partial charge in [-0.2, -0.15) is 13.2 Å². The van der Waals surface area contributed by atoms with E-state index in [0.29, 0.717) is 19.0 Å². The molecule has 1 saturated heterocycles. The van der Waals surface area contributed by atoms with Gasteiger partial charge < -0.3 is 9.64 Å². The highest BCUT2D eigenvalue weighted by Crippen LogP contribution is 2.30. The number of hydrogen-bond acceptors (Lipinski definition) is 5. The molecular weight excluding hydrogens is 339 g/mol. The van der Waals surface area contributed by atoms with E-state index in [1.165, 1.54) is 30.2 Å². The Morgan fingerprint density at radius 3 is 2.46 bits per heavy atom. The lowest BCUT2D eigenvalue weighted by atomic mass is 10.1. The number of ether oxygens (including phenoxy) is 1. The summed E-state index contributed by atoms with van der Waals surface area (Å²) in [6.07, 6.45) is -2.79. The summed E-state index contributed by atoms with van der Waals surface area (Å²) in [7, 11) is 0. The van der Waals surface area contributed by atoms with Gasteiger partial charge in [0.05, 0.1) is 18.8 Å². The van der Waals surface area contributed by atoms with Gasteiger partial charge in [0.2, 0.25) is 0 Å². The molecule has 0 N–H and O–H groups in total. The Labute approximate surface area is 142 Å². The molecule has 128 valence electrons. The van der Waals surface area contributed by atoms with Crippen molar-refractivity contribution in [1.29, 1.82) is 0 Å². The Kier molecular flexibility index (Phi) is 5.25. The van der Waals surface area contributed by atoms with Crippen molar-refractivity contribution in [2.75, 3.05) is 31.2 Å². The number of thioether (sulfide) groups is 1. The second kappa shape index (κ2) is 7.40. The van der Waals surface area contributed by atoms with E-state index in [9.17, 15) is 13.2 Å². The summed E-state index contributed by atoms with van der Waals surface area (Å²) in [4.78, 5) is 10.6. The van der Waals surface area contributed by atoms with Crippen LogP contribution in [0.1, 0.15) is 11.1 Å². The third-order valence-corrected chi connectivity index (χ3v) is 4.63. The van der Waals surface area contributed by atoms with Gasteiger partial charge in [-0.25, -0.2) is 9.97 Å². The third kappa shape index (κ3) is 4.39. The Bertz CT molecular complexity index is 673. The number of halogens is 3.